The Morgan fingerprint density at radius 2 is 1.76 bits per heavy atom. The van der Waals surface area contributed by atoms with E-state index in [9.17, 15) is 4.79 Å². The summed E-state index contributed by atoms with van der Waals surface area (Å²) in [6.07, 6.45) is 5.47. The number of ether oxygens (including phenoxy) is 1. The fourth-order valence-electron chi connectivity index (χ4n) is 4.68. The number of nitrogens with one attached hydrogen (secondary N) is 1. The van der Waals surface area contributed by atoms with Crippen molar-refractivity contribution in [2.45, 2.75) is 12.8 Å². The van der Waals surface area contributed by atoms with Crippen molar-refractivity contribution in [3.05, 3.63) is 95.9 Å². The number of amides is 1. The number of benzene rings is 3. The highest BCUT2D eigenvalue weighted by Gasteiger charge is 2.18. The summed E-state index contributed by atoms with van der Waals surface area (Å²) >= 11 is 1.81. The van der Waals surface area contributed by atoms with E-state index in [2.05, 4.69) is 44.8 Å². The molecule has 0 aliphatic carbocycles. The third-order valence-electron chi connectivity index (χ3n) is 6.65. The number of hydrogen-bond donors (Lipinski definition) is 1. The van der Waals surface area contributed by atoms with E-state index >= 15 is 0 Å². The lowest BCUT2D eigenvalue weighted by Gasteiger charge is -2.36. The van der Waals surface area contributed by atoms with Gasteiger partial charge in [0.1, 0.15) is 5.75 Å². The molecule has 0 radical (unpaired) electrons. The van der Waals surface area contributed by atoms with Crippen LogP contribution in [-0.2, 0) is 4.79 Å². The lowest BCUT2D eigenvalue weighted by molar-refractivity contribution is -0.111. The van der Waals surface area contributed by atoms with Gasteiger partial charge in [-0.1, -0.05) is 42.5 Å². The maximum absolute atomic E-state index is 12.2. The molecule has 0 atom stereocenters. The van der Waals surface area contributed by atoms with Crippen LogP contribution in [0.15, 0.2) is 90.3 Å². The zero-order valence-electron chi connectivity index (χ0n) is 21.0. The van der Waals surface area contributed by atoms with E-state index in [0.29, 0.717) is 6.61 Å². The Morgan fingerprint density at radius 1 is 0.919 bits per heavy atom. The van der Waals surface area contributed by atoms with Gasteiger partial charge in [-0.25, -0.2) is 0 Å². The Hall–Kier alpha value is -3.61. The van der Waals surface area contributed by atoms with Crippen LogP contribution in [0.25, 0.3) is 16.2 Å². The molecule has 0 spiro atoms. The molecule has 190 valence electrons. The second-order valence-electron chi connectivity index (χ2n) is 9.25. The first kappa shape index (κ1) is 25.1. The molecule has 1 fully saturated rings. The van der Waals surface area contributed by atoms with Gasteiger partial charge in [0.25, 0.3) is 0 Å². The van der Waals surface area contributed by atoms with Crippen LogP contribution in [0.1, 0.15) is 18.4 Å². The molecule has 1 aliphatic rings. The average Bonchev–Trinajstić information content (AvgIpc) is 3.42. The van der Waals surface area contributed by atoms with Crippen molar-refractivity contribution in [1.82, 2.24) is 4.90 Å². The molecular weight excluding hydrogens is 478 g/mol. The van der Waals surface area contributed by atoms with Gasteiger partial charge in [-0.3, -0.25) is 9.69 Å². The van der Waals surface area contributed by atoms with Crippen LogP contribution >= 0.6 is 11.3 Å². The number of carbonyl (C=O) groups excluding carboxylic acids is 1. The van der Waals surface area contributed by atoms with Gasteiger partial charge in [-0.15, -0.1) is 11.3 Å². The maximum Gasteiger partial charge on any atom is 0.248 e. The van der Waals surface area contributed by atoms with Gasteiger partial charge < -0.3 is 15.0 Å². The fourth-order valence-corrected chi connectivity index (χ4v) is 5.48. The Morgan fingerprint density at radius 3 is 2.62 bits per heavy atom. The molecule has 1 N–H and O–H groups in total. The quantitative estimate of drug-likeness (QED) is 0.194. The Balaban J connectivity index is 1.00. The fraction of sp³-hybridized carbons (Fsp3) is 0.258. The number of thiophene rings is 1. The van der Waals surface area contributed by atoms with Crippen LogP contribution in [0.2, 0.25) is 0 Å². The molecule has 0 saturated carbocycles. The summed E-state index contributed by atoms with van der Waals surface area (Å²) in [6, 6.07) is 26.3. The third kappa shape index (κ3) is 7.00. The molecule has 3 aromatic carbocycles. The molecule has 1 amide bonds. The third-order valence-corrected chi connectivity index (χ3v) is 7.53. The van der Waals surface area contributed by atoms with Crippen molar-refractivity contribution >= 4 is 44.8 Å². The predicted octanol–water partition coefficient (Wildman–Crippen LogP) is 6.53. The normalized spacial score (nSPS) is 14.3. The van der Waals surface area contributed by atoms with E-state index < -0.39 is 0 Å². The number of hydrogen-bond acceptors (Lipinski definition) is 5. The number of rotatable bonds is 10. The molecule has 5 rings (SSSR count). The molecule has 5 nitrogen and oxygen atoms in total. The molecule has 4 aromatic rings. The van der Waals surface area contributed by atoms with Crippen LogP contribution in [0.5, 0.6) is 5.75 Å². The summed E-state index contributed by atoms with van der Waals surface area (Å²) < 4.78 is 7.33. The highest BCUT2D eigenvalue weighted by atomic mass is 32.1. The SMILES string of the molecule is O=C(/C=C/c1ccccc1)Nc1cccc(OCCCCN2CCN(c3cccc4sccc34)CC2)c1. The number of unbranched alkanes of at least 4 members (excludes halogenated alkanes) is 1. The van der Waals surface area contributed by atoms with E-state index in [1.54, 1.807) is 12.2 Å². The molecule has 1 aliphatic heterocycles. The monoisotopic (exact) mass is 511 g/mol. The molecule has 1 saturated heterocycles. The molecule has 37 heavy (non-hydrogen) atoms. The van der Waals surface area contributed by atoms with E-state index in [-0.39, 0.29) is 5.91 Å². The predicted molar refractivity (Wildman–Crippen MR) is 156 cm³/mol. The number of nitrogens with zero attached hydrogens (tertiary/aromatic N) is 2. The van der Waals surface area contributed by atoms with Gasteiger partial charge in [0, 0.05) is 59.8 Å². The number of anilines is 2. The number of carbonyl (C=O) groups is 1. The zero-order valence-corrected chi connectivity index (χ0v) is 21.8. The topological polar surface area (TPSA) is 44.8 Å². The Labute approximate surface area is 223 Å². The summed E-state index contributed by atoms with van der Waals surface area (Å²) in [4.78, 5) is 17.3. The van der Waals surface area contributed by atoms with Crippen molar-refractivity contribution in [3.8, 4) is 5.75 Å². The highest BCUT2D eigenvalue weighted by Crippen LogP contribution is 2.31. The highest BCUT2D eigenvalue weighted by molar-refractivity contribution is 7.17. The van der Waals surface area contributed by atoms with Crippen molar-refractivity contribution in [1.29, 1.82) is 0 Å². The molecule has 0 unspecified atom stereocenters. The lowest BCUT2D eigenvalue weighted by atomic mass is 10.2. The maximum atomic E-state index is 12.2. The minimum absolute atomic E-state index is 0.159. The van der Waals surface area contributed by atoms with Gasteiger partial charge in [-0.05, 0) is 66.7 Å². The molecule has 6 heteroatoms. The van der Waals surface area contributed by atoms with Crippen LogP contribution < -0.4 is 15.0 Å². The minimum Gasteiger partial charge on any atom is -0.494 e. The molecular formula is C31H33N3O2S. The summed E-state index contributed by atoms with van der Waals surface area (Å²) in [5.41, 5.74) is 3.10. The summed E-state index contributed by atoms with van der Waals surface area (Å²) in [6.45, 7) is 6.12. The van der Waals surface area contributed by atoms with E-state index in [0.717, 1.165) is 62.6 Å². The van der Waals surface area contributed by atoms with Gasteiger partial charge in [0.15, 0.2) is 0 Å². The minimum atomic E-state index is -0.159. The number of piperazine rings is 1. The first-order chi connectivity index (χ1) is 18.2. The van der Waals surface area contributed by atoms with Crippen LogP contribution in [0.3, 0.4) is 0 Å². The van der Waals surface area contributed by atoms with Crippen LogP contribution in [0, 0.1) is 0 Å². The molecule has 1 aromatic heterocycles. The number of fused-ring (bicyclic) bond motifs is 1. The van der Waals surface area contributed by atoms with Gasteiger partial charge in [-0.2, -0.15) is 0 Å². The first-order valence-electron chi connectivity index (χ1n) is 13.0. The Kier molecular flexibility index (Phi) is 8.51. The smallest absolute Gasteiger partial charge is 0.248 e. The molecule has 0 bridgehead atoms. The average molecular weight is 512 g/mol. The van der Waals surface area contributed by atoms with Crippen molar-refractivity contribution < 1.29 is 9.53 Å². The zero-order chi connectivity index (χ0) is 25.3. The van der Waals surface area contributed by atoms with E-state index in [1.165, 1.54) is 15.8 Å². The van der Waals surface area contributed by atoms with Gasteiger partial charge >= 0.3 is 0 Å². The lowest BCUT2D eigenvalue weighted by Crippen LogP contribution is -2.46. The largest absolute Gasteiger partial charge is 0.494 e. The van der Waals surface area contributed by atoms with Gasteiger partial charge in [0.05, 0.1) is 6.61 Å². The molecule has 2 heterocycles. The summed E-state index contributed by atoms with van der Waals surface area (Å²) in [5, 5.41) is 6.47. The van der Waals surface area contributed by atoms with E-state index in [1.807, 2.05) is 65.9 Å². The summed E-state index contributed by atoms with van der Waals surface area (Å²) in [7, 11) is 0. The van der Waals surface area contributed by atoms with Crippen LogP contribution in [-0.4, -0.2) is 50.1 Å². The standard InChI is InChI=1S/C31H33N3O2S/c35-31(15-14-25-8-2-1-3-9-25)32-26-10-6-11-27(24-26)36-22-5-4-17-33-18-20-34(21-19-33)29-12-7-13-30-28(29)16-23-37-30/h1-3,6-16,23-24H,4-5,17-22H2,(H,32,35)/b15-14+. The second-order valence-corrected chi connectivity index (χ2v) is 10.2. The van der Waals surface area contributed by atoms with Gasteiger partial charge in [0.2, 0.25) is 5.91 Å². The van der Waals surface area contributed by atoms with Crippen molar-refractivity contribution in [2.75, 3.05) is 49.5 Å². The van der Waals surface area contributed by atoms with Crippen molar-refractivity contribution in [3.63, 3.8) is 0 Å². The second kappa shape index (κ2) is 12.6. The van der Waals surface area contributed by atoms with Crippen LogP contribution in [0.4, 0.5) is 11.4 Å². The van der Waals surface area contributed by atoms with Crippen molar-refractivity contribution in [2.24, 2.45) is 0 Å². The summed E-state index contributed by atoms with van der Waals surface area (Å²) in [5.74, 6) is 0.620. The Bertz CT molecular complexity index is 1330. The first-order valence-corrected chi connectivity index (χ1v) is 13.8. The van der Waals surface area contributed by atoms with E-state index in [4.69, 9.17) is 4.74 Å².